The molecule has 0 aliphatic carbocycles. The van der Waals surface area contributed by atoms with Crippen LogP contribution in [0.15, 0.2) is 53.4 Å². The van der Waals surface area contributed by atoms with Crippen LogP contribution in [0.1, 0.15) is 11.1 Å². The monoisotopic (exact) mass is 346 g/mol. The molecule has 0 aliphatic rings. The van der Waals surface area contributed by atoms with Crippen LogP contribution in [0.25, 0.3) is 0 Å². The number of aryl methyl sites for hydroxylation is 2. The predicted octanol–water partition coefficient (Wildman–Crippen LogP) is 2.59. The van der Waals surface area contributed by atoms with Crippen molar-refractivity contribution in [1.29, 1.82) is 0 Å². The normalized spacial score (nSPS) is 11.2. The molecule has 2 rings (SSSR count). The van der Waals surface area contributed by atoms with Crippen LogP contribution in [0.2, 0.25) is 0 Å². The Kier molecular flexibility index (Phi) is 5.29. The Morgan fingerprint density at radius 1 is 1.00 bits per heavy atom. The average molecular weight is 346 g/mol. The second kappa shape index (κ2) is 7.05. The number of hydrogen-bond acceptors (Lipinski definition) is 3. The van der Waals surface area contributed by atoms with Gasteiger partial charge in [0.2, 0.25) is 5.91 Å². The predicted molar refractivity (Wildman–Crippen MR) is 95.6 cm³/mol. The largest absolute Gasteiger partial charge is 0.347 e. The SMILES string of the molecule is Cc1ccc(C)c(N(CC(=O)N(C)C)S(=O)(=O)c2ccccc2)c1. The minimum Gasteiger partial charge on any atom is -0.347 e. The van der Waals surface area contributed by atoms with Crippen LogP contribution >= 0.6 is 0 Å². The quantitative estimate of drug-likeness (QED) is 0.836. The summed E-state index contributed by atoms with van der Waals surface area (Å²) in [6, 6.07) is 13.7. The van der Waals surface area contributed by atoms with E-state index in [1.54, 1.807) is 38.4 Å². The highest BCUT2D eigenvalue weighted by molar-refractivity contribution is 7.92. The summed E-state index contributed by atoms with van der Waals surface area (Å²) < 4.78 is 27.4. The molecule has 0 saturated heterocycles. The van der Waals surface area contributed by atoms with Gasteiger partial charge in [-0.25, -0.2) is 8.42 Å². The molecular weight excluding hydrogens is 324 g/mol. The molecule has 0 N–H and O–H groups in total. The molecule has 2 aromatic rings. The lowest BCUT2D eigenvalue weighted by molar-refractivity contribution is -0.127. The van der Waals surface area contributed by atoms with Crippen molar-refractivity contribution in [2.45, 2.75) is 18.7 Å². The van der Waals surface area contributed by atoms with E-state index in [1.165, 1.54) is 21.3 Å². The summed E-state index contributed by atoms with van der Waals surface area (Å²) in [6.45, 7) is 3.49. The van der Waals surface area contributed by atoms with Gasteiger partial charge in [-0.2, -0.15) is 0 Å². The molecule has 0 aromatic heterocycles. The zero-order valence-electron chi connectivity index (χ0n) is 14.4. The number of rotatable bonds is 5. The number of sulfonamides is 1. The second-order valence-electron chi connectivity index (χ2n) is 5.90. The first-order valence-electron chi connectivity index (χ1n) is 7.58. The van der Waals surface area contributed by atoms with Crippen molar-refractivity contribution in [3.05, 3.63) is 59.7 Å². The average Bonchev–Trinajstić information content (AvgIpc) is 2.55. The van der Waals surface area contributed by atoms with E-state index in [0.29, 0.717) is 5.69 Å². The molecule has 0 aliphatic heterocycles. The van der Waals surface area contributed by atoms with Gasteiger partial charge in [-0.15, -0.1) is 0 Å². The van der Waals surface area contributed by atoms with Crippen LogP contribution in [0.5, 0.6) is 0 Å². The highest BCUT2D eigenvalue weighted by Gasteiger charge is 2.28. The number of anilines is 1. The summed E-state index contributed by atoms with van der Waals surface area (Å²) >= 11 is 0. The van der Waals surface area contributed by atoms with Crippen molar-refractivity contribution < 1.29 is 13.2 Å². The molecule has 0 atom stereocenters. The Bertz CT molecular complexity index is 831. The number of likely N-dealkylation sites (N-methyl/N-ethyl adjacent to an activating group) is 1. The van der Waals surface area contributed by atoms with Crippen LogP contribution in [0, 0.1) is 13.8 Å². The third kappa shape index (κ3) is 3.76. The lowest BCUT2D eigenvalue weighted by Crippen LogP contribution is -2.40. The Hall–Kier alpha value is -2.34. The zero-order valence-corrected chi connectivity index (χ0v) is 15.2. The summed E-state index contributed by atoms with van der Waals surface area (Å²) in [6.07, 6.45) is 0. The van der Waals surface area contributed by atoms with Gasteiger partial charge in [-0.1, -0.05) is 30.3 Å². The van der Waals surface area contributed by atoms with Gasteiger partial charge in [-0.05, 0) is 43.2 Å². The number of benzene rings is 2. The third-order valence-corrected chi connectivity index (χ3v) is 5.52. The smallest absolute Gasteiger partial charge is 0.264 e. The third-order valence-electron chi connectivity index (χ3n) is 3.74. The minimum absolute atomic E-state index is 0.164. The van der Waals surface area contributed by atoms with Gasteiger partial charge in [0, 0.05) is 14.1 Å². The van der Waals surface area contributed by atoms with Gasteiger partial charge in [0.05, 0.1) is 10.6 Å². The number of carbonyl (C=O) groups is 1. The lowest BCUT2D eigenvalue weighted by Gasteiger charge is -2.27. The number of hydrogen-bond donors (Lipinski definition) is 0. The van der Waals surface area contributed by atoms with Crippen molar-refractivity contribution in [3.63, 3.8) is 0 Å². The molecule has 0 radical (unpaired) electrons. The highest BCUT2D eigenvalue weighted by atomic mass is 32.2. The summed E-state index contributed by atoms with van der Waals surface area (Å²) in [5.41, 5.74) is 2.25. The van der Waals surface area contributed by atoms with Crippen LogP contribution in [-0.4, -0.2) is 39.9 Å². The number of nitrogens with zero attached hydrogens (tertiary/aromatic N) is 2. The van der Waals surface area contributed by atoms with Gasteiger partial charge in [-0.3, -0.25) is 9.10 Å². The summed E-state index contributed by atoms with van der Waals surface area (Å²) in [5, 5.41) is 0. The first-order valence-corrected chi connectivity index (χ1v) is 9.02. The van der Waals surface area contributed by atoms with Gasteiger partial charge < -0.3 is 4.90 Å². The highest BCUT2D eigenvalue weighted by Crippen LogP contribution is 2.27. The first-order chi connectivity index (χ1) is 11.2. The Morgan fingerprint density at radius 3 is 2.21 bits per heavy atom. The molecule has 0 unspecified atom stereocenters. The second-order valence-corrected chi connectivity index (χ2v) is 7.77. The van der Waals surface area contributed by atoms with Crippen molar-refractivity contribution in [2.24, 2.45) is 0 Å². The van der Waals surface area contributed by atoms with E-state index >= 15 is 0 Å². The maximum absolute atomic E-state index is 13.1. The van der Waals surface area contributed by atoms with E-state index < -0.39 is 10.0 Å². The van der Waals surface area contributed by atoms with E-state index in [1.807, 2.05) is 26.0 Å². The van der Waals surface area contributed by atoms with E-state index in [-0.39, 0.29) is 17.3 Å². The van der Waals surface area contributed by atoms with Gasteiger partial charge in [0.1, 0.15) is 6.54 Å². The molecule has 2 aromatic carbocycles. The fourth-order valence-electron chi connectivity index (χ4n) is 2.27. The molecule has 0 heterocycles. The molecule has 5 nitrogen and oxygen atoms in total. The molecule has 24 heavy (non-hydrogen) atoms. The maximum Gasteiger partial charge on any atom is 0.264 e. The van der Waals surface area contributed by atoms with Gasteiger partial charge >= 0.3 is 0 Å². The molecular formula is C18H22N2O3S. The summed E-state index contributed by atoms with van der Waals surface area (Å²) in [7, 11) is -0.616. The molecule has 0 bridgehead atoms. The standard InChI is InChI=1S/C18H22N2O3S/c1-14-10-11-15(2)17(12-14)20(13-18(21)19(3)4)24(22,23)16-8-6-5-7-9-16/h5-12H,13H2,1-4H3. The van der Waals surface area contributed by atoms with Crippen molar-refractivity contribution in [2.75, 3.05) is 24.9 Å². The fourth-order valence-corrected chi connectivity index (χ4v) is 3.76. The fraction of sp³-hybridized carbons (Fsp3) is 0.278. The molecule has 0 fully saturated rings. The minimum atomic E-state index is -3.84. The van der Waals surface area contributed by atoms with Crippen LogP contribution in [0.4, 0.5) is 5.69 Å². The summed E-state index contributed by atoms with van der Waals surface area (Å²) in [5.74, 6) is -0.282. The molecule has 0 saturated carbocycles. The van der Waals surface area contributed by atoms with Crippen molar-refractivity contribution in [1.82, 2.24) is 4.90 Å². The zero-order chi connectivity index (χ0) is 17.9. The van der Waals surface area contributed by atoms with Gasteiger partial charge in [0.25, 0.3) is 10.0 Å². The van der Waals surface area contributed by atoms with E-state index in [9.17, 15) is 13.2 Å². The van der Waals surface area contributed by atoms with E-state index in [2.05, 4.69) is 0 Å². The van der Waals surface area contributed by atoms with Crippen molar-refractivity contribution in [3.8, 4) is 0 Å². The molecule has 0 spiro atoms. The molecule has 1 amide bonds. The molecule has 6 heteroatoms. The van der Waals surface area contributed by atoms with E-state index in [0.717, 1.165) is 11.1 Å². The molecule has 128 valence electrons. The number of amides is 1. The number of carbonyl (C=O) groups excluding carboxylic acids is 1. The van der Waals surface area contributed by atoms with Gasteiger partial charge in [0.15, 0.2) is 0 Å². The van der Waals surface area contributed by atoms with Crippen LogP contribution < -0.4 is 4.31 Å². The Labute approximate surface area is 143 Å². The Balaban J connectivity index is 2.59. The lowest BCUT2D eigenvalue weighted by atomic mass is 10.1. The van der Waals surface area contributed by atoms with Crippen LogP contribution in [-0.2, 0) is 14.8 Å². The topological polar surface area (TPSA) is 57.7 Å². The first kappa shape index (κ1) is 18.0. The summed E-state index contributed by atoms with van der Waals surface area (Å²) in [4.78, 5) is 13.8. The van der Waals surface area contributed by atoms with E-state index in [4.69, 9.17) is 0 Å². The van der Waals surface area contributed by atoms with Crippen LogP contribution in [0.3, 0.4) is 0 Å². The Morgan fingerprint density at radius 2 is 1.62 bits per heavy atom. The maximum atomic E-state index is 13.1. The van der Waals surface area contributed by atoms with Crippen molar-refractivity contribution >= 4 is 21.6 Å².